The van der Waals surface area contributed by atoms with Crippen LogP contribution in [0.1, 0.15) is 0 Å². The van der Waals surface area contributed by atoms with Crippen molar-refractivity contribution in [2.75, 3.05) is 5.73 Å². The fraction of sp³-hybridized carbons (Fsp3) is 0. The molecule has 0 spiro atoms. The van der Waals surface area contributed by atoms with Gasteiger partial charge in [0.25, 0.3) is 0 Å². The van der Waals surface area contributed by atoms with Crippen LogP contribution in [-0.2, 0) is 0 Å². The summed E-state index contributed by atoms with van der Waals surface area (Å²) >= 11 is 8.91. The molecule has 1 aromatic heterocycles. The van der Waals surface area contributed by atoms with Crippen molar-refractivity contribution in [3.63, 3.8) is 0 Å². The van der Waals surface area contributed by atoms with Gasteiger partial charge in [-0.3, -0.25) is 0 Å². The number of halogens is 4. The second-order valence-electron chi connectivity index (χ2n) is 3.16. The van der Waals surface area contributed by atoms with Crippen molar-refractivity contribution in [1.82, 2.24) is 9.97 Å². The Kier molecular flexibility index (Phi) is 3.26. The van der Waals surface area contributed by atoms with Crippen LogP contribution in [0.3, 0.4) is 0 Å². The van der Waals surface area contributed by atoms with Crippen molar-refractivity contribution in [3.8, 4) is 11.3 Å². The third-order valence-corrected chi connectivity index (χ3v) is 3.27. The van der Waals surface area contributed by atoms with E-state index in [1.54, 1.807) is 0 Å². The van der Waals surface area contributed by atoms with E-state index in [0.29, 0.717) is 4.47 Å². The van der Waals surface area contributed by atoms with Crippen molar-refractivity contribution < 1.29 is 8.78 Å². The first-order chi connectivity index (χ1) is 7.99. The van der Waals surface area contributed by atoms with Gasteiger partial charge in [0.1, 0.15) is 16.8 Å². The fourth-order valence-corrected chi connectivity index (χ4v) is 1.86. The monoisotopic (exact) mass is 319 g/mol. The van der Waals surface area contributed by atoms with Gasteiger partial charge in [0.2, 0.25) is 5.95 Å². The van der Waals surface area contributed by atoms with E-state index in [0.717, 1.165) is 12.1 Å². The SMILES string of the molecule is Nc1nc(Cl)c(Br)c(-c2ccc(F)cc2F)n1. The average molecular weight is 321 g/mol. The van der Waals surface area contributed by atoms with Crippen molar-refractivity contribution >= 4 is 33.5 Å². The van der Waals surface area contributed by atoms with E-state index in [1.807, 2.05) is 0 Å². The van der Waals surface area contributed by atoms with Gasteiger partial charge in [-0.15, -0.1) is 0 Å². The molecule has 88 valence electrons. The third-order valence-electron chi connectivity index (χ3n) is 2.01. The zero-order valence-corrected chi connectivity index (χ0v) is 10.6. The molecule has 2 N–H and O–H groups in total. The second-order valence-corrected chi connectivity index (χ2v) is 4.31. The number of benzene rings is 1. The zero-order valence-electron chi connectivity index (χ0n) is 8.22. The molecule has 0 aliphatic rings. The maximum atomic E-state index is 13.6. The predicted molar refractivity (Wildman–Crippen MR) is 64.5 cm³/mol. The Morgan fingerprint density at radius 2 is 1.94 bits per heavy atom. The highest BCUT2D eigenvalue weighted by atomic mass is 79.9. The van der Waals surface area contributed by atoms with Gasteiger partial charge in [0.15, 0.2) is 0 Å². The van der Waals surface area contributed by atoms with Crippen molar-refractivity contribution in [1.29, 1.82) is 0 Å². The summed E-state index contributed by atoms with van der Waals surface area (Å²) in [7, 11) is 0. The number of hydrogen-bond donors (Lipinski definition) is 1. The Labute approximate surface area is 109 Å². The predicted octanol–water partition coefficient (Wildman–Crippen LogP) is 3.42. The van der Waals surface area contributed by atoms with Crippen LogP contribution in [0.5, 0.6) is 0 Å². The lowest BCUT2D eigenvalue weighted by Crippen LogP contribution is -1.99. The molecule has 0 saturated carbocycles. The molecule has 0 atom stereocenters. The standard InChI is InChI=1S/C10H5BrClF2N3/c11-7-8(16-10(15)17-9(7)12)5-2-1-4(13)3-6(5)14/h1-3H,(H2,15,16,17). The number of nitrogens with zero attached hydrogens (tertiary/aromatic N) is 2. The molecular weight excluding hydrogens is 315 g/mol. The van der Waals surface area contributed by atoms with Gasteiger partial charge < -0.3 is 5.73 Å². The van der Waals surface area contributed by atoms with Crippen LogP contribution in [0.15, 0.2) is 22.7 Å². The Balaban J connectivity index is 2.68. The Morgan fingerprint density at radius 3 is 2.59 bits per heavy atom. The highest BCUT2D eigenvalue weighted by molar-refractivity contribution is 9.10. The van der Waals surface area contributed by atoms with Crippen LogP contribution in [0.2, 0.25) is 5.15 Å². The molecule has 2 aromatic rings. The summed E-state index contributed by atoms with van der Waals surface area (Å²) in [6.07, 6.45) is 0. The number of rotatable bonds is 1. The highest BCUT2D eigenvalue weighted by Crippen LogP contribution is 2.33. The Morgan fingerprint density at radius 1 is 1.24 bits per heavy atom. The van der Waals surface area contributed by atoms with E-state index in [1.165, 1.54) is 6.07 Å². The van der Waals surface area contributed by atoms with E-state index in [4.69, 9.17) is 17.3 Å². The van der Waals surface area contributed by atoms with Crippen LogP contribution < -0.4 is 5.73 Å². The molecule has 0 bridgehead atoms. The number of anilines is 1. The molecule has 0 unspecified atom stereocenters. The third kappa shape index (κ3) is 2.37. The van der Waals surface area contributed by atoms with E-state index >= 15 is 0 Å². The molecule has 0 radical (unpaired) electrons. The van der Waals surface area contributed by atoms with Gasteiger partial charge in [0.05, 0.1) is 10.2 Å². The lowest BCUT2D eigenvalue weighted by Gasteiger charge is -2.07. The summed E-state index contributed by atoms with van der Waals surface area (Å²) in [4.78, 5) is 7.56. The largest absolute Gasteiger partial charge is 0.368 e. The summed E-state index contributed by atoms with van der Waals surface area (Å²) in [6.45, 7) is 0. The van der Waals surface area contributed by atoms with Gasteiger partial charge in [-0.1, -0.05) is 11.6 Å². The van der Waals surface area contributed by atoms with E-state index in [2.05, 4.69) is 25.9 Å². The summed E-state index contributed by atoms with van der Waals surface area (Å²) in [6, 6.07) is 3.14. The van der Waals surface area contributed by atoms with Crippen LogP contribution in [-0.4, -0.2) is 9.97 Å². The molecule has 2 rings (SSSR count). The van der Waals surface area contributed by atoms with E-state index in [9.17, 15) is 8.78 Å². The fourth-order valence-electron chi connectivity index (χ4n) is 1.30. The molecule has 0 fully saturated rings. The first kappa shape index (κ1) is 12.2. The molecule has 1 heterocycles. The summed E-state index contributed by atoms with van der Waals surface area (Å²) in [5.74, 6) is -1.51. The molecule has 0 amide bonds. The van der Waals surface area contributed by atoms with Gasteiger partial charge in [-0.2, -0.15) is 0 Å². The molecule has 3 nitrogen and oxygen atoms in total. The molecule has 0 aliphatic heterocycles. The Hall–Kier alpha value is -1.27. The number of aromatic nitrogens is 2. The topological polar surface area (TPSA) is 51.8 Å². The first-order valence-corrected chi connectivity index (χ1v) is 5.60. The van der Waals surface area contributed by atoms with Crippen LogP contribution >= 0.6 is 27.5 Å². The average Bonchev–Trinajstić information content (AvgIpc) is 2.24. The molecular formula is C10H5BrClF2N3. The molecule has 17 heavy (non-hydrogen) atoms. The van der Waals surface area contributed by atoms with Gasteiger partial charge in [-0.05, 0) is 28.1 Å². The van der Waals surface area contributed by atoms with E-state index < -0.39 is 11.6 Å². The highest BCUT2D eigenvalue weighted by Gasteiger charge is 2.15. The number of hydrogen-bond acceptors (Lipinski definition) is 3. The lowest BCUT2D eigenvalue weighted by molar-refractivity contribution is 0.585. The normalized spacial score (nSPS) is 10.6. The smallest absolute Gasteiger partial charge is 0.222 e. The van der Waals surface area contributed by atoms with Crippen LogP contribution in [0, 0.1) is 11.6 Å². The first-order valence-electron chi connectivity index (χ1n) is 4.43. The van der Waals surface area contributed by atoms with E-state index in [-0.39, 0.29) is 22.4 Å². The zero-order chi connectivity index (χ0) is 12.6. The quantitative estimate of drug-likeness (QED) is 0.819. The van der Waals surface area contributed by atoms with Crippen LogP contribution in [0.4, 0.5) is 14.7 Å². The minimum absolute atomic E-state index is 0.0659. The van der Waals surface area contributed by atoms with Crippen LogP contribution in [0.25, 0.3) is 11.3 Å². The molecule has 1 aromatic carbocycles. The van der Waals surface area contributed by atoms with Crippen molar-refractivity contribution in [3.05, 3.63) is 39.5 Å². The van der Waals surface area contributed by atoms with Gasteiger partial charge >= 0.3 is 0 Å². The molecule has 0 aliphatic carbocycles. The van der Waals surface area contributed by atoms with Crippen molar-refractivity contribution in [2.45, 2.75) is 0 Å². The maximum Gasteiger partial charge on any atom is 0.222 e. The summed E-state index contributed by atoms with van der Waals surface area (Å²) < 4.78 is 26.7. The Bertz CT molecular complexity index is 592. The molecule has 0 saturated heterocycles. The molecule has 7 heteroatoms. The number of nitrogen functional groups attached to an aromatic ring is 1. The van der Waals surface area contributed by atoms with Gasteiger partial charge in [-0.25, -0.2) is 18.7 Å². The summed E-state index contributed by atoms with van der Waals surface area (Å²) in [5.41, 5.74) is 5.69. The van der Waals surface area contributed by atoms with Crippen molar-refractivity contribution in [2.24, 2.45) is 0 Å². The number of nitrogens with two attached hydrogens (primary N) is 1. The minimum Gasteiger partial charge on any atom is -0.368 e. The maximum absolute atomic E-state index is 13.6. The minimum atomic E-state index is -0.750. The lowest BCUT2D eigenvalue weighted by atomic mass is 10.1. The van der Waals surface area contributed by atoms with Gasteiger partial charge in [0, 0.05) is 11.6 Å². The summed E-state index contributed by atoms with van der Waals surface area (Å²) in [5, 5.41) is 0.0659. The second kappa shape index (κ2) is 4.54.